The first-order valence-corrected chi connectivity index (χ1v) is 9.91. The zero-order chi connectivity index (χ0) is 19.3. The quantitative estimate of drug-likeness (QED) is 0.613. The molecule has 0 bridgehead atoms. The topological polar surface area (TPSA) is 92.4 Å². The molecule has 0 aliphatic carbocycles. The van der Waals surface area contributed by atoms with Gasteiger partial charge < -0.3 is 15.4 Å². The van der Waals surface area contributed by atoms with Crippen molar-refractivity contribution < 1.29 is 14.3 Å². The van der Waals surface area contributed by atoms with Gasteiger partial charge in [-0.25, -0.2) is 9.78 Å². The van der Waals surface area contributed by atoms with E-state index in [1.54, 1.807) is 0 Å². The summed E-state index contributed by atoms with van der Waals surface area (Å²) in [6.45, 7) is 0.964. The van der Waals surface area contributed by atoms with E-state index in [1.165, 1.54) is 11.3 Å². The highest BCUT2D eigenvalue weighted by Crippen LogP contribution is 2.25. The van der Waals surface area contributed by atoms with Gasteiger partial charge in [0, 0.05) is 18.8 Å². The number of aromatic nitrogens is 1. The van der Waals surface area contributed by atoms with Gasteiger partial charge in [-0.1, -0.05) is 35.6 Å². The minimum atomic E-state index is -0.374. The third kappa shape index (κ3) is 4.47. The number of nitrogens with one attached hydrogen (secondary N) is 3. The number of ether oxygens (including phenoxy) is 1. The fourth-order valence-corrected chi connectivity index (χ4v) is 3.88. The molecule has 144 valence electrons. The van der Waals surface area contributed by atoms with Crippen molar-refractivity contribution in [2.45, 2.75) is 25.5 Å². The molecule has 0 radical (unpaired) electrons. The van der Waals surface area contributed by atoms with Crippen LogP contribution in [0.15, 0.2) is 48.5 Å². The van der Waals surface area contributed by atoms with E-state index in [4.69, 9.17) is 4.74 Å². The largest absolute Gasteiger partial charge is 0.368 e. The Morgan fingerprint density at radius 1 is 1.14 bits per heavy atom. The SMILES string of the molecule is O=C(NCc1cccc(NC(=O)C2CCCO2)c1)Nc1nc2ccccc2s1. The predicted octanol–water partition coefficient (Wildman–Crippen LogP) is 3.74. The van der Waals surface area contributed by atoms with E-state index < -0.39 is 0 Å². The number of amides is 3. The van der Waals surface area contributed by atoms with Crippen LogP contribution in [-0.4, -0.2) is 29.6 Å². The number of para-hydroxylation sites is 1. The summed E-state index contributed by atoms with van der Waals surface area (Å²) in [7, 11) is 0. The van der Waals surface area contributed by atoms with Crippen molar-refractivity contribution in [3.63, 3.8) is 0 Å². The van der Waals surface area contributed by atoms with Crippen molar-refractivity contribution in [3.8, 4) is 0 Å². The van der Waals surface area contributed by atoms with Crippen molar-refractivity contribution in [2.24, 2.45) is 0 Å². The Labute approximate surface area is 166 Å². The van der Waals surface area contributed by atoms with Gasteiger partial charge in [-0.15, -0.1) is 0 Å². The monoisotopic (exact) mass is 396 g/mol. The average molecular weight is 396 g/mol. The Morgan fingerprint density at radius 2 is 2.04 bits per heavy atom. The first-order chi connectivity index (χ1) is 13.7. The van der Waals surface area contributed by atoms with Gasteiger partial charge in [0.25, 0.3) is 5.91 Å². The minimum Gasteiger partial charge on any atom is -0.368 e. The van der Waals surface area contributed by atoms with Gasteiger partial charge in [-0.2, -0.15) is 0 Å². The second-order valence-electron chi connectivity index (χ2n) is 6.49. The lowest BCUT2D eigenvalue weighted by atomic mass is 10.2. The molecule has 1 atom stereocenters. The van der Waals surface area contributed by atoms with E-state index in [-0.39, 0.29) is 18.0 Å². The fraction of sp³-hybridized carbons (Fsp3) is 0.250. The molecule has 2 heterocycles. The molecule has 1 saturated heterocycles. The van der Waals surface area contributed by atoms with Crippen molar-refractivity contribution in [1.29, 1.82) is 0 Å². The molecule has 3 N–H and O–H groups in total. The van der Waals surface area contributed by atoms with E-state index in [1.807, 2.05) is 48.5 Å². The molecule has 0 spiro atoms. The zero-order valence-corrected chi connectivity index (χ0v) is 15.9. The van der Waals surface area contributed by atoms with Crippen LogP contribution in [0, 0.1) is 0 Å². The molecule has 7 nitrogen and oxygen atoms in total. The first-order valence-electron chi connectivity index (χ1n) is 9.09. The maximum atomic E-state index is 12.2. The zero-order valence-electron chi connectivity index (χ0n) is 15.1. The molecule has 1 fully saturated rings. The lowest BCUT2D eigenvalue weighted by molar-refractivity contribution is -0.124. The molecule has 28 heavy (non-hydrogen) atoms. The third-order valence-corrected chi connectivity index (χ3v) is 5.34. The highest BCUT2D eigenvalue weighted by Gasteiger charge is 2.23. The maximum absolute atomic E-state index is 12.2. The summed E-state index contributed by atoms with van der Waals surface area (Å²) in [4.78, 5) is 28.7. The Hall–Kier alpha value is -2.97. The Balaban J connectivity index is 1.31. The van der Waals surface area contributed by atoms with Crippen LogP contribution in [0.25, 0.3) is 10.2 Å². The summed E-state index contributed by atoms with van der Waals surface area (Å²) in [6, 6.07) is 14.8. The van der Waals surface area contributed by atoms with Gasteiger partial charge in [0.15, 0.2) is 5.13 Å². The number of hydrogen-bond acceptors (Lipinski definition) is 5. The minimum absolute atomic E-state index is 0.129. The third-order valence-electron chi connectivity index (χ3n) is 4.38. The highest BCUT2D eigenvalue weighted by atomic mass is 32.1. The second kappa shape index (κ2) is 8.37. The summed E-state index contributed by atoms with van der Waals surface area (Å²) in [5.41, 5.74) is 2.42. The molecule has 8 heteroatoms. The maximum Gasteiger partial charge on any atom is 0.321 e. The standard InChI is InChI=1S/C20H20N4O3S/c25-18(16-8-4-10-27-16)22-14-6-3-5-13(11-14)12-21-19(26)24-20-23-15-7-1-2-9-17(15)28-20/h1-3,5-7,9,11,16H,4,8,10,12H2,(H,22,25)(H2,21,23,24,26). The van der Waals surface area contributed by atoms with Crippen molar-refractivity contribution >= 4 is 44.3 Å². The van der Waals surface area contributed by atoms with Gasteiger partial charge in [0.2, 0.25) is 0 Å². The van der Waals surface area contributed by atoms with Gasteiger partial charge in [-0.05, 0) is 42.7 Å². The highest BCUT2D eigenvalue weighted by molar-refractivity contribution is 7.22. The van der Waals surface area contributed by atoms with E-state index in [0.717, 1.165) is 28.6 Å². The Kier molecular flexibility index (Phi) is 5.50. The van der Waals surface area contributed by atoms with Gasteiger partial charge >= 0.3 is 6.03 Å². The molecule has 1 aliphatic heterocycles. The van der Waals surface area contributed by atoms with Gasteiger partial charge in [0.05, 0.1) is 10.2 Å². The number of thiazole rings is 1. The van der Waals surface area contributed by atoms with Crippen molar-refractivity contribution in [1.82, 2.24) is 10.3 Å². The van der Waals surface area contributed by atoms with Crippen LogP contribution in [0.5, 0.6) is 0 Å². The van der Waals surface area contributed by atoms with Crippen LogP contribution in [0.1, 0.15) is 18.4 Å². The first kappa shape index (κ1) is 18.4. The van der Waals surface area contributed by atoms with Crippen molar-refractivity contribution in [3.05, 3.63) is 54.1 Å². The number of anilines is 2. The Morgan fingerprint density at radius 3 is 2.86 bits per heavy atom. The summed E-state index contributed by atoms with van der Waals surface area (Å²) in [5, 5.41) is 8.98. The summed E-state index contributed by atoms with van der Waals surface area (Å²) < 4.78 is 6.41. The van der Waals surface area contributed by atoms with E-state index >= 15 is 0 Å². The van der Waals surface area contributed by atoms with Crippen LogP contribution >= 0.6 is 11.3 Å². The lowest BCUT2D eigenvalue weighted by Gasteiger charge is -2.12. The predicted molar refractivity (Wildman–Crippen MR) is 110 cm³/mol. The molecule has 3 amide bonds. The lowest BCUT2D eigenvalue weighted by Crippen LogP contribution is -2.28. The molecular weight excluding hydrogens is 376 g/mol. The number of urea groups is 1. The molecule has 1 aromatic heterocycles. The number of rotatable bonds is 5. The second-order valence-corrected chi connectivity index (χ2v) is 7.52. The van der Waals surface area contributed by atoms with Gasteiger partial charge in [0.1, 0.15) is 6.10 Å². The number of carbonyl (C=O) groups is 2. The fourth-order valence-electron chi connectivity index (χ4n) is 3.02. The molecule has 3 aromatic rings. The summed E-state index contributed by atoms with van der Waals surface area (Å²) in [6.07, 6.45) is 1.28. The number of nitrogens with zero attached hydrogens (tertiary/aromatic N) is 1. The molecule has 1 aliphatic rings. The van der Waals surface area contributed by atoms with Crippen LogP contribution in [0.3, 0.4) is 0 Å². The van der Waals surface area contributed by atoms with Crippen LogP contribution in [0.2, 0.25) is 0 Å². The summed E-state index contributed by atoms with van der Waals surface area (Å²) >= 11 is 1.43. The van der Waals surface area contributed by atoms with E-state index in [0.29, 0.717) is 24.0 Å². The number of carbonyl (C=O) groups excluding carboxylic acids is 2. The van der Waals surface area contributed by atoms with Gasteiger partial charge in [-0.3, -0.25) is 10.1 Å². The Bertz CT molecular complexity index is 965. The van der Waals surface area contributed by atoms with E-state index in [9.17, 15) is 9.59 Å². The molecule has 1 unspecified atom stereocenters. The number of benzene rings is 2. The molecule has 0 saturated carbocycles. The van der Waals surface area contributed by atoms with Crippen LogP contribution < -0.4 is 16.0 Å². The number of hydrogen-bond donors (Lipinski definition) is 3. The normalized spacial score (nSPS) is 16.1. The van der Waals surface area contributed by atoms with Crippen LogP contribution in [0.4, 0.5) is 15.6 Å². The number of fused-ring (bicyclic) bond motifs is 1. The van der Waals surface area contributed by atoms with Crippen LogP contribution in [-0.2, 0) is 16.1 Å². The molecule has 2 aromatic carbocycles. The molecular formula is C20H20N4O3S. The average Bonchev–Trinajstić information content (AvgIpc) is 3.36. The smallest absolute Gasteiger partial charge is 0.321 e. The van der Waals surface area contributed by atoms with Crippen molar-refractivity contribution in [2.75, 3.05) is 17.2 Å². The van der Waals surface area contributed by atoms with E-state index in [2.05, 4.69) is 20.9 Å². The molecule has 4 rings (SSSR count). The summed E-state index contributed by atoms with van der Waals surface area (Å²) in [5.74, 6) is -0.129.